The smallest absolute Gasteiger partial charge is 0.127 e. The van der Waals surface area contributed by atoms with Gasteiger partial charge in [-0.2, -0.15) is 0 Å². The molecule has 20 heavy (non-hydrogen) atoms. The molecule has 2 aromatic carbocycles. The van der Waals surface area contributed by atoms with Crippen molar-refractivity contribution in [2.45, 2.75) is 20.0 Å². The lowest BCUT2D eigenvalue weighted by molar-refractivity contribution is 0.335. The van der Waals surface area contributed by atoms with E-state index in [1.807, 2.05) is 31.2 Å². The van der Waals surface area contributed by atoms with Gasteiger partial charge >= 0.3 is 0 Å². The topological polar surface area (TPSA) is 21.3 Å². The van der Waals surface area contributed by atoms with Gasteiger partial charge < -0.3 is 10.1 Å². The highest BCUT2D eigenvalue weighted by Crippen LogP contribution is 2.18. The number of ether oxygens (including phenoxy) is 1. The Hall–Kier alpha value is -1.94. The maximum Gasteiger partial charge on any atom is 0.127 e. The fourth-order valence-electron chi connectivity index (χ4n) is 1.96. The number of benzene rings is 2. The summed E-state index contributed by atoms with van der Waals surface area (Å²) in [5, 5.41) is 3.10. The van der Waals surface area contributed by atoms with Crippen molar-refractivity contribution < 1.29 is 13.5 Å². The lowest BCUT2D eigenvalue weighted by atomic mass is 10.1. The van der Waals surface area contributed by atoms with Crippen molar-refractivity contribution in [2.24, 2.45) is 0 Å². The normalized spacial score (nSPS) is 10.6. The maximum atomic E-state index is 13.5. The molecule has 1 N–H and O–H groups in total. The number of hydrogen-bond donors (Lipinski definition) is 1. The van der Waals surface area contributed by atoms with Crippen molar-refractivity contribution in [2.75, 3.05) is 6.61 Å². The summed E-state index contributed by atoms with van der Waals surface area (Å²) in [6.07, 6.45) is 0. The molecule has 2 aromatic rings. The van der Waals surface area contributed by atoms with Gasteiger partial charge in [0.25, 0.3) is 0 Å². The van der Waals surface area contributed by atoms with E-state index in [9.17, 15) is 8.78 Å². The third kappa shape index (κ3) is 3.78. The monoisotopic (exact) mass is 277 g/mol. The van der Waals surface area contributed by atoms with Crippen LogP contribution in [0.1, 0.15) is 18.1 Å². The van der Waals surface area contributed by atoms with Gasteiger partial charge in [-0.25, -0.2) is 8.78 Å². The van der Waals surface area contributed by atoms with Crippen molar-refractivity contribution >= 4 is 0 Å². The molecule has 0 amide bonds. The second-order valence-electron chi connectivity index (χ2n) is 4.38. The van der Waals surface area contributed by atoms with Crippen molar-refractivity contribution in [1.29, 1.82) is 0 Å². The first-order valence-corrected chi connectivity index (χ1v) is 6.56. The van der Waals surface area contributed by atoms with Crippen LogP contribution < -0.4 is 10.1 Å². The molecule has 0 saturated carbocycles. The molecule has 2 rings (SSSR count). The summed E-state index contributed by atoms with van der Waals surface area (Å²) < 4.78 is 32.0. The van der Waals surface area contributed by atoms with E-state index in [-0.39, 0.29) is 6.54 Å². The minimum absolute atomic E-state index is 0.268. The van der Waals surface area contributed by atoms with Gasteiger partial charge in [0.05, 0.1) is 6.61 Å². The predicted octanol–water partition coefficient (Wildman–Crippen LogP) is 3.65. The van der Waals surface area contributed by atoms with Crippen molar-refractivity contribution in [1.82, 2.24) is 5.32 Å². The molecule has 0 aromatic heterocycles. The lowest BCUT2D eigenvalue weighted by Crippen LogP contribution is -2.14. The van der Waals surface area contributed by atoms with E-state index >= 15 is 0 Å². The summed E-state index contributed by atoms with van der Waals surface area (Å²) in [6.45, 7) is 3.32. The average Bonchev–Trinajstić information content (AvgIpc) is 2.45. The van der Waals surface area contributed by atoms with E-state index in [1.165, 1.54) is 6.07 Å². The SMILES string of the molecule is CCOc1ccccc1CNCc1cc(F)ccc1F. The molecule has 0 aliphatic rings. The van der Waals surface area contributed by atoms with Gasteiger partial charge in [-0.15, -0.1) is 0 Å². The Kier molecular flexibility index (Phi) is 5.07. The minimum atomic E-state index is -0.432. The van der Waals surface area contributed by atoms with E-state index in [4.69, 9.17) is 4.74 Å². The number of halogens is 2. The Labute approximate surface area is 117 Å². The van der Waals surface area contributed by atoms with Crippen LogP contribution >= 0.6 is 0 Å². The van der Waals surface area contributed by atoms with Crippen LogP contribution in [0.5, 0.6) is 5.75 Å². The van der Waals surface area contributed by atoms with Crippen LogP contribution in [-0.4, -0.2) is 6.61 Å². The Balaban J connectivity index is 1.97. The standard InChI is InChI=1S/C16H17F2NO/c1-2-20-16-6-4-3-5-12(16)10-19-11-13-9-14(17)7-8-15(13)18/h3-9,19H,2,10-11H2,1H3. The summed E-state index contributed by atoms with van der Waals surface area (Å²) in [6, 6.07) is 11.1. The molecule has 106 valence electrons. The Morgan fingerprint density at radius 3 is 2.55 bits per heavy atom. The highest BCUT2D eigenvalue weighted by Gasteiger charge is 2.05. The number of hydrogen-bond acceptors (Lipinski definition) is 2. The van der Waals surface area contributed by atoms with Crippen LogP contribution in [0.2, 0.25) is 0 Å². The van der Waals surface area contributed by atoms with E-state index in [2.05, 4.69) is 5.32 Å². The molecule has 0 bridgehead atoms. The number of para-hydroxylation sites is 1. The predicted molar refractivity (Wildman–Crippen MR) is 74.5 cm³/mol. The van der Waals surface area contributed by atoms with Gasteiger partial charge in [-0.3, -0.25) is 0 Å². The van der Waals surface area contributed by atoms with Gasteiger partial charge in [0, 0.05) is 24.2 Å². The van der Waals surface area contributed by atoms with Gasteiger partial charge in [0.1, 0.15) is 17.4 Å². The molecule has 0 fully saturated rings. The van der Waals surface area contributed by atoms with Crippen LogP contribution in [0, 0.1) is 11.6 Å². The van der Waals surface area contributed by atoms with Crippen LogP contribution in [-0.2, 0) is 13.1 Å². The molecule has 4 heteroatoms. The van der Waals surface area contributed by atoms with Crippen molar-refractivity contribution in [3.63, 3.8) is 0 Å². The van der Waals surface area contributed by atoms with Gasteiger partial charge in [0.15, 0.2) is 0 Å². The summed E-state index contributed by atoms with van der Waals surface area (Å²) in [5.74, 6) is -0.0304. The number of rotatable bonds is 6. The summed E-state index contributed by atoms with van der Waals surface area (Å²) >= 11 is 0. The zero-order chi connectivity index (χ0) is 14.4. The first-order chi connectivity index (χ1) is 9.70. The third-order valence-corrected chi connectivity index (χ3v) is 2.91. The zero-order valence-corrected chi connectivity index (χ0v) is 11.3. The Morgan fingerprint density at radius 1 is 1.00 bits per heavy atom. The molecule has 0 aliphatic heterocycles. The van der Waals surface area contributed by atoms with Crippen LogP contribution in [0.4, 0.5) is 8.78 Å². The van der Waals surface area contributed by atoms with Gasteiger partial charge in [-0.05, 0) is 31.2 Å². The number of nitrogens with one attached hydrogen (secondary N) is 1. The van der Waals surface area contributed by atoms with E-state index in [1.54, 1.807) is 0 Å². The lowest BCUT2D eigenvalue weighted by Gasteiger charge is -2.11. The Bertz CT molecular complexity index is 572. The average molecular weight is 277 g/mol. The first kappa shape index (κ1) is 14.5. The summed E-state index contributed by atoms with van der Waals surface area (Å²) in [7, 11) is 0. The second-order valence-corrected chi connectivity index (χ2v) is 4.38. The molecule has 0 spiro atoms. The molecule has 2 nitrogen and oxygen atoms in total. The molecule has 0 unspecified atom stereocenters. The van der Waals surface area contributed by atoms with Gasteiger partial charge in [-0.1, -0.05) is 18.2 Å². The van der Waals surface area contributed by atoms with Gasteiger partial charge in [0.2, 0.25) is 0 Å². The second kappa shape index (κ2) is 7.01. The van der Waals surface area contributed by atoms with E-state index in [0.717, 1.165) is 23.4 Å². The third-order valence-electron chi connectivity index (χ3n) is 2.91. The molecular formula is C16H17F2NO. The zero-order valence-electron chi connectivity index (χ0n) is 11.3. The Morgan fingerprint density at radius 2 is 1.75 bits per heavy atom. The van der Waals surface area contributed by atoms with E-state index in [0.29, 0.717) is 18.7 Å². The molecule has 0 saturated heterocycles. The fourth-order valence-corrected chi connectivity index (χ4v) is 1.96. The minimum Gasteiger partial charge on any atom is -0.494 e. The highest BCUT2D eigenvalue weighted by atomic mass is 19.1. The molecule has 0 atom stereocenters. The molecular weight excluding hydrogens is 260 g/mol. The molecule has 0 heterocycles. The van der Waals surface area contributed by atoms with Crippen LogP contribution in [0.25, 0.3) is 0 Å². The summed E-state index contributed by atoms with van der Waals surface area (Å²) in [4.78, 5) is 0. The van der Waals surface area contributed by atoms with Crippen LogP contribution in [0.3, 0.4) is 0 Å². The quantitative estimate of drug-likeness (QED) is 0.870. The summed E-state index contributed by atoms with van der Waals surface area (Å²) in [5.41, 5.74) is 1.31. The van der Waals surface area contributed by atoms with Crippen LogP contribution in [0.15, 0.2) is 42.5 Å². The maximum absolute atomic E-state index is 13.5. The molecule has 0 aliphatic carbocycles. The highest BCUT2D eigenvalue weighted by molar-refractivity contribution is 5.33. The largest absolute Gasteiger partial charge is 0.494 e. The van der Waals surface area contributed by atoms with E-state index < -0.39 is 11.6 Å². The molecule has 0 radical (unpaired) electrons. The first-order valence-electron chi connectivity index (χ1n) is 6.56. The van der Waals surface area contributed by atoms with Crippen molar-refractivity contribution in [3.8, 4) is 5.75 Å². The fraction of sp³-hybridized carbons (Fsp3) is 0.250. The van der Waals surface area contributed by atoms with Crippen molar-refractivity contribution in [3.05, 3.63) is 65.2 Å².